The van der Waals surface area contributed by atoms with Gasteiger partial charge in [0.05, 0.1) is 16.8 Å². The van der Waals surface area contributed by atoms with Crippen molar-refractivity contribution in [2.24, 2.45) is 0 Å². The maximum atomic E-state index is 13.4. The van der Waals surface area contributed by atoms with Crippen molar-refractivity contribution in [2.45, 2.75) is 6.54 Å². The number of hydrogen-bond acceptors (Lipinski definition) is 6. The number of likely N-dealkylation sites (N-methyl/N-ethyl adjacent to an activating group) is 1. The van der Waals surface area contributed by atoms with E-state index >= 15 is 0 Å². The van der Waals surface area contributed by atoms with E-state index in [2.05, 4.69) is 32.1 Å². The molecule has 0 atom stereocenters. The van der Waals surface area contributed by atoms with Crippen LogP contribution < -0.4 is 10.2 Å². The average molecular weight is 439 g/mol. The van der Waals surface area contributed by atoms with Crippen LogP contribution in [0, 0.1) is 0 Å². The second-order valence-electron chi connectivity index (χ2n) is 8.27. The Balaban J connectivity index is 1.42. The predicted molar refractivity (Wildman–Crippen MR) is 130 cm³/mol. The Bertz CT molecular complexity index is 1270. The smallest absolute Gasteiger partial charge is 0.252 e. The Hall–Kier alpha value is -3.84. The lowest BCUT2D eigenvalue weighted by atomic mass is 10.0. The summed E-state index contributed by atoms with van der Waals surface area (Å²) in [5.74, 6) is 0.813. The number of fused-ring (bicyclic) bond motifs is 1. The minimum absolute atomic E-state index is 0.132. The lowest BCUT2D eigenvalue weighted by Crippen LogP contribution is -2.45. The van der Waals surface area contributed by atoms with Crippen LogP contribution in [0.4, 0.5) is 5.82 Å². The van der Waals surface area contributed by atoms with Crippen LogP contribution in [-0.2, 0) is 6.54 Å². The monoisotopic (exact) mass is 438 g/mol. The SMILES string of the molecule is CN1CCN(c2ncccc2CNC(=O)c2cc(-c3cccnc3)nc3ccccc23)CC1. The summed E-state index contributed by atoms with van der Waals surface area (Å²) in [4.78, 5) is 31.5. The predicted octanol–water partition coefficient (Wildman–Crippen LogP) is 3.37. The van der Waals surface area contributed by atoms with Crippen LogP contribution in [0.5, 0.6) is 0 Å². The van der Waals surface area contributed by atoms with Gasteiger partial charge in [0.2, 0.25) is 0 Å². The average Bonchev–Trinajstić information content (AvgIpc) is 2.88. The molecule has 5 rings (SSSR count). The molecular weight excluding hydrogens is 412 g/mol. The Morgan fingerprint density at radius 3 is 2.64 bits per heavy atom. The summed E-state index contributed by atoms with van der Waals surface area (Å²) in [6.07, 6.45) is 5.30. The number of piperazine rings is 1. The zero-order valence-electron chi connectivity index (χ0n) is 18.6. The summed E-state index contributed by atoms with van der Waals surface area (Å²) < 4.78 is 0. The number of carbonyl (C=O) groups excluding carboxylic acids is 1. The maximum absolute atomic E-state index is 13.4. The third kappa shape index (κ3) is 4.54. The molecule has 1 N–H and O–H groups in total. The molecule has 7 nitrogen and oxygen atoms in total. The number of anilines is 1. The van der Waals surface area contributed by atoms with E-state index < -0.39 is 0 Å². The molecule has 0 saturated carbocycles. The second-order valence-corrected chi connectivity index (χ2v) is 8.27. The van der Waals surface area contributed by atoms with E-state index in [1.807, 2.05) is 60.8 Å². The molecule has 1 saturated heterocycles. The molecule has 33 heavy (non-hydrogen) atoms. The van der Waals surface area contributed by atoms with E-state index in [4.69, 9.17) is 4.98 Å². The van der Waals surface area contributed by atoms with Crippen molar-refractivity contribution in [3.63, 3.8) is 0 Å². The Morgan fingerprint density at radius 1 is 1.00 bits per heavy atom. The third-order valence-corrected chi connectivity index (χ3v) is 6.03. The minimum atomic E-state index is -0.132. The summed E-state index contributed by atoms with van der Waals surface area (Å²) in [7, 11) is 2.13. The summed E-state index contributed by atoms with van der Waals surface area (Å²) in [5, 5.41) is 3.94. The molecule has 1 amide bonds. The van der Waals surface area contributed by atoms with Gasteiger partial charge in [0, 0.05) is 67.8 Å². The van der Waals surface area contributed by atoms with E-state index in [-0.39, 0.29) is 5.91 Å². The van der Waals surface area contributed by atoms with Crippen molar-refractivity contribution in [1.82, 2.24) is 25.2 Å². The molecule has 1 aromatic carbocycles. The molecule has 3 aromatic heterocycles. The van der Waals surface area contributed by atoms with Crippen molar-refractivity contribution < 1.29 is 4.79 Å². The first-order chi connectivity index (χ1) is 16.2. The fourth-order valence-corrected chi connectivity index (χ4v) is 4.17. The molecule has 0 radical (unpaired) electrons. The molecule has 0 spiro atoms. The number of pyridine rings is 3. The lowest BCUT2D eigenvalue weighted by molar-refractivity contribution is 0.0952. The van der Waals surface area contributed by atoms with Crippen molar-refractivity contribution >= 4 is 22.6 Å². The van der Waals surface area contributed by atoms with Gasteiger partial charge in [-0.2, -0.15) is 0 Å². The summed E-state index contributed by atoms with van der Waals surface area (Å²) in [5.41, 5.74) is 4.00. The third-order valence-electron chi connectivity index (χ3n) is 6.03. The number of benzene rings is 1. The van der Waals surface area contributed by atoms with Crippen molar-refractivity contribution in [3.8, 4) is 11.3 Å². The standard InChI is InChI=1S/C26H26N6O/c1-31-12-14-32(15-13-31)25-20(7-5-11-28-25)18-29-26(33)22-16-24(19-6-4-10-27-17-19)30-23-9-3-2-8-21(22)23/h2-11,16-17H,12-15,18H2,1H3,(H,29,33). The minimum Gasteiger partial charge on any atom is -0.354 e. The molecule has 0 unspecified atom stereocenters. The first-order valence-electron chi connectivity index (χ1n) is 11.1. The van der Waals surface area contributed by atoms with E-state index in [1.165, 1.54) is 0 Å². The topological polar surface area (TPSA) is 74.2 Å². The molecular formula is C26H26N6O. The first-order valence-corrected chi connectivity index (χ1v) is 11.1. The van der Waals surface area contributed by atoms with E-state index in [0.29, 0.717) is 12.1 Å². The Kier molecular flexibility index (Phi) is 5.95. The zero-order chi connectivity index (χ0) is 22.6. The van der Waals surface area contributed by atoms with Crippen molar-refractivity contribution in [2.75, 3.05) is 38.1 Å². The van der Waals surface area contributed by atoms with Gasteiger partial charge in [0.15, 0.2) is 0 Å². The summed E-state index contributed by atoms with van der Waals surface area (Å²) in [6, 6.07) is 17.3. The highest BCUT2D eigenvalue weighted by atomic mass is 16.1. The number of aromatic nitrogens is 3. The molecule has 4 heterocycles. The quantitative estimate of drug-likeness (QED) is 0.515. The molecule has 166 valence electrons. The van der Waals surface area contributed by atoms with Gasteiger partial charge in [0.1, 0.15) is 5.82 Å². The molecule has 0 aliphatic carbocycles. The number of nitrogens with one attached hydrogen (secondary N) is 1. The van der Waals surface area contributed by atoms with E-state index in [9.17, 15) is 4.79 Å². The highest BCUT2D eigenvalue weighted by Gasteiger charge is 2.19. The summed E-state index contributed by atoms with van der Waals surface area (Å²) in [6.45, 7) is 4.27. The molecule has 7 heteroatoms. The highest BCUT2D eigenvalue weighted by molar-refractivity contribution is 6.07. The zero-order valence-corrected chi connectivity index (χ0v) is 18.6. The van der Waals surface area contributed by atoms with Gasteiger partial charge in [-0.3, -0.25) is 9.78 Å². The number of amides is 1. The fraction of sp³-hybridized carbons (Fsp3) is 0.231. The molecule has 1 aliphatic rings. The van der Waals surface area contributed by atoms with Crippen LogP contribution in [0.1, 0.15) is 15.9 Å². The van der Waals surface area contributed by atoms with E-state index in [0.717, 1.165) is 59.7 Å². The normalized spacial score (nSPS) is 14.4. The van der Waals surface area contributed by atoms with Gasteiger partial charge in [-0.15, -0.1) is 0 Å². The molecule has 1 aliphatic heterocycles. The number of hydrogen-bond donors (Lipinski definition) is 1. The largest absolute Gasteiger partial charge is 0.354 e. The van der Waals surface area contributed by atoms with Crippen LogP contribution in [-0.4, -0.2) is 59.0 Å². The lowest BCUT2D eigenvalue weighted by Gasteiger charge is -2.34. The van der Waals surface area contributed by atoms with E-state index in [1.54, 1.807) is 12.4 Å². The highest BCUT2D eigenvalue weighted by Crippen LogP contribution is 2.25. The van der Waals surface area contributed by atoms with Crippen molar-refractivity contribution in [3.05, 3.63) is 84.3 Å². The number of para-hydroxylation sites is 1. The van der Waals surface area contributed by atoms with Crippen LogP contribution in [0.25, 0.3) is 22.2 Å². The van der Waals surface area contributed by atoms with Crippen molar-refractivity contribution in [1.29, 1.82) is 0 Å². The van der Waals surface area contributed by atoms with Gasteiger partial charge in [-0.25, -0.2) is 9.97 Å². The van der Waals surface area contributed by atoms with Gasteiger partial charge in [0.25, 0.3) is 5.91 Å². The van der Waals surface area contributed by atoms with Gasteiger partial charge in [-0.05, 0) is 37.4 Å². The summed E-state index contributed by atoms with van der Waals surface area (Å²) >= 11 is 0. The maximum Gasteiger partial charge on any atom is 0.252 e. The van der Waals surface area contributed by atoms with Crippen LogP contribution in [0.2, 0.25) is 0 Å². The number of carbonyl (C=O) groups is 1. The van der Waals surface area contributed by atoms with Gasteiger partial charge < -0.3 is 15.1 Å². The Morgan fingerprint density at radius 2 is 1.82 bits per heavy atom. The second kappa shape index (κ2) is 9.34. The van der Waals surface area contributed by atoms with Gasteiger partial charge >= 0.3 is 0 Å². The Labute approximate surface area is 193 Å². The first kappa shape index (κ1) is 21.0. The number of nitrogens with zero attached hydrogens (tertiary/aromatic N) is 5. The molecule has 1 fully saturated rings. The van der Waals surface area contributed by atoms with Crippen LogP contribution in [0.15, 0.2) is 73.2 Å². The number of rotatable bonds is 5. The van der Waals surface area contributed by atoms with Crippen LogP contribution in [0.3, 0.4) is 0 Å². The fourth-order valence-electron chi connectivity index (χ4n) is 4.17. The molecule has 4 aromatic rings. The van der Waals surface area contributed by atoms with Gasteiger partial charge in [-0.1, -0.05) is 24.3 Å². The molecule has 0 bridgehead atoms. The van der Waals surface area contributed by atoms with Crippen LogP contribution >= 0.6 is 0 Å².